The molecule has 1 saturated heterocycles. The van der Waals surface area contributed by atoms with Gasteiger partial charge in [-0.3, -0.25) is 9.78 Å². The van der Waals surface area contributed by atoms with E-state index >= 15 is 0 Å². The standard InChI is InChI=1S/C24H27BrF3NO3/c25-21-13-20(24(26,27)28)7-6-19(21)16-32-15-18-5-8-22(29-14-18)23(30)4-2-1-3-17-9-11-31-12-10-17/h5-8,13-14,17H,1-4,9-12,15-16H2. The van der Waals surface area contributed by atoms with E-state index in [1.54, 1.807) is 18.3 Å². The number of aromatic nitrogens is 1. The molecule has 0 radical (unpaired) electrons. The van der Waals surface area contributed by atoms with Crippen molar-refractivity contribution in [3.05, 3.63) is 63.4 Å². The Bertz CT molecular complexity index is 881. The number of ketones is 1. The second-order valence-electron chi connectivity index (χ2n) is 8.07. The van der Waals surface area contributed by atoms with E-state index in [0.717, 1.165) is 68.9 Å². The predicted octanol–water partition coefficient (Wildman–Crippen LogP) is 6.75. The summed E-state index contributed by atoms with van der Waals surface area (Å²) in [7, 11) is 0. The van der Waals surface area contributed by atoms with Gasteiger partial charge >= 0.3 is 6.18 Å². The Kier molecular flexibility index (Phi) is 9.25. The van der Waals surface area contributed by atoms with Crippen LogP contribution in [0.25, 0.3) is 0 Å². The first kappa shape index (κ1) is 24.9. The van der Waals surface area contributed by atoms with Crippen LogP contribution in [0.3, 0.4) is 0 Å². The molecule has 1 aliphatic heterocycles. The fourth-order valence-corrected chi connectivity index (χ4v) is 4.17. The van der Waals surface area contributed by atoms with Crippen molar-refractivity contribution in [2.45, 2.75) is 57.9 Å². The first-order chi connectivity index (χ1) is 15.3. The summed E-state index contributed by atoms with van der Waals surface area (Å²) in [5.74, 6) is 0.762. The van der Waals surface area contributed by atoms with Gasteiger partial charge in [-0.15, -0.1) is 0 Å². The van der Waals surface area contributed by atoms with Crippen molar-refractivity contribution < 1.29 is 27.4 Å². The van der Waals surface area contributed by atoms with Gasteiger partial charge in [-0.2, -0.15) is 13.2 Å². The summed E-state index contributed by atoms with van der Waals surface area (Å²) >= 11 is 3.16. The molecule has 0 spiro atoms. The lowest BCUT2D eigenvalue weighted by Crippen LogP contribution is -2.15. The largest absolute Gasteiger partial charge is 0.416 e. The lowest BCUT2D eigenvalue weighted by molar-refractivity contribution is -0.137. The van der Waals surface area contributed by atoms with Gasteiger partial charge in [0.15, 0.2) is 5.78 Å². The van der Waals surface area contributed by atoms with Crippen LogP contribution in [0.1, 0.15) is 65.7 Å². The highest BCUT2D eigenvalue weighted by atomic mass is 79.9. The number of hydrogen-bond donors (Lipinski definition) is 0. The fourth-order valence-electron chi connectivity index (χ4n) is 3.68. The molecule has 1 aromatic heterocycles. The number of benzene rings is 1. The van der Waals surface area contributed by atoms with Gasteiger partial charge in [0.05, 0.1) is 18.8 Å². The molecule has 3 rings (SSSR count). The third-order valence-electron chi connectivity index (χ3n) is 5.62. The van der Waals surface area contributed by atoms with Crippen LogP contribution in [0.2, 0.25) is 0 Å². The van der Waals surface area contributed by atoms with Crippen molar-refractivity contribution in [2.75, 3.05) is 13.2 Å². The lowest BCUT2D eigenvalue weighted by atomic mass is 9.93. The highest BCUT2D eigenvalue weighted by Gasteiger charge is 2.30. The average Bonchev–Trinajstić information content (AvgIpc) is 2.78. The van der Waals surface area contributed by atoms with Gasteiger partial charge < -0.3 is 9.47 Å². The second-order valence-corrected chi connectivity index (χ2v) is 8.93. The quantitative estimate of drug-likeness (QED) is 0.260. The van der Waals surface area contributed by atoms with Gasteiger partial charge in [0.2, 0.25) is 0 Å². The molecule has 0 aliphatic carbocycles. The molecule has 0 amide bonds. The molecule has 1 aromatic carbocycles. The van der Waals surface area contributed by atoms with E-state index in [1.807, 2.05) is 0 Å². The fraction of sp³-hybridized carbons (Fsp3) is 0.500. The third-order valence-corrected chi connectivity index (χ3v) is 6.36. The minimum atomic E-state index is -4.38. The summed E-state index contributed by atoms with van der Waals surface area (Å²) in [5.41, 5.74) is 1.16. The SMILES string of the molecule is O=C(CCCCC1CCOCC1)c1ccc(COCc2ccc(C(F)(F)F)cc2Br)cn1. The molecule has 0 N–H and O–H groups in total. The van der Waals surface area contributed by atoms with Crippen LogP contribution in [-0.4, -0.2) is 24.0 Å². The summed E-state index contributed by atoms with van der Waals surface area (Å²) in [4.78, 5) is 16.6. The van der Waals surface area contributed by atoms with Gasteiger partial charge in [0.1, 0.15) is 5.69 Å². The maximum Gasteiger partial charge on any atom is 0.416 e. The summed E-state index contributed by atoms with van der Waals surface area (Å²) < 4.78 is 49.5. The van der Waals surface area contributed by atoms with Crippen LogP contribution in [0.15, 0.2) is 41.0 Å². The number of nitrogens with zero attached hydrogens (tertiary/aromatic N) is 1. The van der Waals surface area contributed by atoms with Crippen molar-refractivity contribution in [3.8, 4) is 0 Å². The van der Waals surface area contributed by atoms with Gasteiger partial charge in [0.25, 0.3) is 0 Å². The Morgan fingerprint density at radius 2 is 1.91 bits per heavy atom. The molecule has 174 valence electrons. The number of rotatable bonds is 10. The number of hydrogen-bond acceptors (Lipinski definition) is 4. The minimum absolute atomic E-state index is 0.0399. The van der Waals surface area contributed by atoms with Crippen LogP contribution < -0.4 is 0 Å². The third kappa shape index (κ3) is 7.67. The highest BCUT2D eigenvalue weighted by Crippen LogP contribution is 2.32. The normalized spacial score (nSPS) is 15.1. The smallest absolute Gasteiger partial charge is 0.381 e. The van der Waals surface area contributed by atoms with E-state index < -0.39 is 11.7 Å². The van der Waals surface area contributed by atoms with Gasteiger partial charge in [-0.05, 0) is 54.5 Å². The van der Waals surface area contributed by atoms with Crippen molar-refractivity contribution in [3.63, 3.8) is 0 Å². The second kappa shape index (κ2) is 11.9. The Morgan fingerprint density at radius 1 is 1.12 bits per heavy atom. The number of alkyl halides is 3. The summed E-state index contributed by atoms with van der Waals surface area (Å²) in [6.07, 6.45) is 3.02. The molecule has 0 saturated carbocycles. The number of unbranched alkanes of at least 4 members (excludes halogenated alkanes) is 1. The van der Waals surface area contributed by atoms with E-state index in [9.17, 15) is 18.0 Å². The van der Waals surface area contributed by atoms with Crippen molar-refractivity contribution in [1.29, 1.82) is 0 Å². The zero-order valence-electron chi connectivity index (χ0n) is 17.8. The number of halogens is 4. The van der Waals surface area contributed by atoms with Crippen molar-refractivity contribution in [1.82, 2.24) is 4.98 Å². The van der Waals surface area contributed by atoms with E-state index in [2.05, 4.69) is 20.9 Å². The summed E-state index contributed by atoms with van der Waals surface area (Å²) in [5, 5.41) is 0. The van der Waals surface area contributed by atoms with Gasteiger partial charge in [-0.25, -0.2) is 0 Å². The highest BCUT2D eigenvalue weighted by molar-refractivity contribution is 9.10. The molecular formula is C24H27BrF3NO3. The Morgan fingerprint density at radius 3 is 2.56 bits per heavy atom. The number of carbonyl (C=O) groups is 1. The zero-order chi connectivity index (χ0) is 23.0. The van der Waals surface area contributed by atoms with Crippen LogP contribution in [0.4, 0.5) is 13.2 Å². The summed E-state index contributed by atoms with van der Waals surface area (Å²) in [6, 6.07) is 6.98. The predicted molar refractivity (Wildman–Crippen MR) is 118 cm³/mol. The molecule has 1 fully saturated rings. The van der Waals surface area contributed by atoms with Crippen molar-refractivity contribution in [2.24, 2.45) is 5.92 Å². The molecule has 1 aliphatic rings. The van der Waals surface area contributed by atoms with E-state index in [-0.39, 0.29) is 19.0 Å². The Labute approximate surface area is 194 Å². The maximum atomic E-state index is 12.7. The first-order valence-corrected chi connectivity index (χ1v) is 11.6. The van der Waals surface area contributed by atoms with E-state index in [0.29, 0.717) is 22.2 Å². The number of ether oxygens (including phenoxy) is 2. The molecule has 0 bridgehead atoms. The summed E-state index contributed by atoms with van der Waals surface area (Å²) in [6.45, 7) is 2.11. The van der Waals surface area contributed by atoms with Crippen LogP contribution in [-0.2, 0) is 28.9 Å². The van der Waals surface area contributed by atoms with Crippen LogP contribution in [0.5, 0.6) is 0 Å². The van der Waals surface area contributed by atoms with Gasteiger partial charge in [-0.1, -0.05) is 40.9 Å². The molecule has 4 nitrogen and oxygen atoms in total. The number of carbonyl (C=O) groups excluding carboxylic acids is 1. The maximum absolute atomic E-state index is 12.7. The average molecular weight is 514 g/mol. The molecule has 2 aromatic rings. The minimum Gasteiger partial charge on any atom is -0.381 e. The topological polar surface area (TPSA) is 48.4 Å². The Hall–Kier alpha value is -1.77. The van der Waals surface area contributed by atoms with Crippen LogP contribution in [0, 0.1) is 5.92 Å². The first-order valence-electron chi connectivity index (χ1n) is 10.8. The molecule has 0 atom stereocenters. The monoisotopic (exact) mass is 513 g/mol. The molecular weight excluding hydrogens is 487 g/mol. The molecule has 2 heterocycles. The molecule has 32 heavy (non-hydrogen) atoms. The van der Waals surface area contributed by atoms with Crippen LogP contribution >= 0.6 is 15.9 Å². The Balaban J connectivity index is 1.39. The molecule has 8 heteroatoms. The lowest BCUT2D eigenvalue weighted by Gasteiger charge is -2.21. The number of pyridine rings is 1. The number of Topliss-reactive ketones (excluding diaryl/α,β-unsaturated/α-hetero) is 1. The zero-order valence-corrected chi connectivity index (χ0v) is 19.4. The van der Waals surface area contributed by atoms with E-state index in [4.69, 9.17) is 9.47 Å². The molecule has 0 unspecified atom stereocenters. The van der Waals surface area contributed by atoms with Gasteiger partial charge in [0, 0.05) is 30.3 Å². The van der Waals surface area contributed by atoms with Crippen molar-refractivity contribution >= 4 is 21.7 Å². The van der Waals surface area contributed by atoms with E-state index in [1.165, 1.54) is 6.07 Å².